The fraction of sp³-hybridized carbons (Fsp3) is 0.556. The predicted molar refractivity (Wildman–Crippen MR) is 89.1 cm³/mol. The molecule has 0 unspecified atom stereocenters. The lowest BCUT2D eigenvalue weighted by molar-refractivity contribution is -0.141. The maximum absolute atomic E-state index is 12.6. The SMILES string of the molecule is CCCCNC(=O)[C@@H]1CCC(=O)N(C)[C@@H]1c1ccc(OC)cc1. The summed E-state index contributed by atoms with van der Waals surface area (Å²) < 4.78 is 5.18. The highest BCUT2D eigenvalue weighted by atomic mass is 16.5. The van der Waals surface area contributed by atoms with Gasteiger partial charge in [0.15, 0.2) is 0 Å². The maximum atomic E-state index is 12.6. The molecule has 0 spiro atoms. The van der Waals surface area contributed by atoms with Crippen molar-refractivity contribution < 1.29 is 14.3 Å². The molecule has 23 heavy (non-hydrogen) atoms. The van der Waals surface area contributed by atoms with E-state index < -0.39 is 0 Å². The first-order valence-corrected chi connectivity index (χ1v) is 8.25. The van der Waals surface area contributed by atoms with Gasteiger partial charge in [-0.1, -0.05) is 25.5 Å². The Labute approximate surface area is 138 Å². The number of piperidine rings is 1. The van der Waals surface area contributed by atoms with Gasteiger partial charge in [-0.3, -0.25) is 9.59 Å². The summed E-state index contributed by atoms with van der Waals surface area (Å²) in [5.41, 5.74) is 0.969. The summed E-state index contributed by atoms with van der Waals surface area (Å²) >= 11 is 0. The van der Waals surface area contributed by atoms with Crippen LogP contribution in [0.1, 0.15) is 44.2 Å². The summed E-state index contributed by atoms with van der Waals surface area (Å²) in [4.78, 5) is 26.4. The third-order valence-corrected chi connectivity index (χ3v) is 4.48. The second-order valence-electron chi connectivity index (χ2n) is 6.01. The van der Waals surface area contributed by atoms with Gasteiger partial charge in [0.1, 0.15) is 5.75 Å². The van der Waals surface area contributed by atoms with Gasteiger partial charge in [0.2, 0.25) is 11.8 Å². The van der Waals surface area contributed by atoms with Gasteiger partial charge in [-0.2, -0.15) is 0 Å². The second kappa shape index (κ2) is 7.99. The number of nitrogens with zero attached hydrogens (tertiary/aromatic N) is 1. The monoisotopic (exact) mass is 318 g/mol. The molecule has 0 bridgehead atoms. The molecule has 1 heterocycles. The minimum Gasteiger partial charge on any atom is -0.497 e. The van der Waals surface area contributed by atoms with E-state index in [0.717, 1.165) is 24.2 Å². The Bertz CT molecular complexity index is 542. The summed E-state index contributed by atoms with van der Waals surface area (Å²) in [6.07, 6.45) is 3.04. The molecule has 0 aliphatic carbocycles. The number of hydrogen-bond acceptors (Lipinski definition) is 3. The summed E-state index contributed by atoms with van der Waals surface area (Å²) in [5.74, 6) is 0.687. The predicted octanol–water partition coefficient (Wildman–Crippen LogP) is 2.52. The van der Waals surface area contributed by atoms with Crippen molar-refractivity contribution in [3.8, 4) is 5.75 Å². The lowest BCUT2D eigenvalue weighted by atomic mass is 9.84. The van der Waals surface area contributed by atoms with E-state index in [0.29, 0.717) is 19.4 Å². The van der Waals surface area contributed by atoms with Gasteiger partial charge in [-0.25, -0.2) is 0 Å². The number of carbonyl (C=O) groups excluding carboxylic acids is 2. The lowest BCUT2D eigenvalue weighted by Crippen LogP contribution is -2.46. The summed E-state index contributed by atoms with van der Waals surface area (Å²) in [5, 5.41) is 3.01. The standard InChI is InChI=1S/C18H26N2O3/c1-4-5-12-19-18(22)15-10-11-16(21)20(2)17(15)13-6-8-14(23-3)9-7-13/h6-9,15,17H,4-5,10-12H2,1-3H3,(H,19,22)/t15-,17-/m1/s1. The largest absolute Gasteiger partial charge is 0.497 e. The molecule has 2 amide bonds. The number of amides is 2. The Morgan fingerprint density at radius 3 is 2.65 bits per heavy atom. The van der Waals surface area contributed by atoms with Crippen LogP contribution in [-0.2, 0) is 9.59 Å². The number of nitrogens with one attached hydrogen (secondary N) is 1. The third-order valence-electron chi connectivity index (χ3n) is 4.48. The Hall–Kier alpha value is -2.04. The lowest BCUT2D eigenvalue weighted by Gasteiger charge is -2.38. The van der Waals surface area contributed by atoms with Gasteiger partial charge in [0.25, 0.3) is 0 Å². The molecule has 1 aromatic carbocycles. The van der Waals surface area contributed by atoms with Gasteiger partial charge in [0.05, 0.1) is 19.1 Å². The van der Waals surface area contributed by atoms with Crippen LogP contribution in [-0.4, -0.2) is 37.4 Å². The van der Waals surface area contributed by atoms with E-state index in [1.165, 1.54) is 0 Å². The first-order valence-electron chi connectivity index (χ1n) is 8.25. The van der Waals surface area contributed by atoms with Crippen LogP contribution in [0.5, 0.6) is 5.75 Å². The Kier molecular flexibility index (Phi) is 6.02. The van der Waals surface area contributed by atoms with Gasteiger partial charge in [-0.15, -0.1) is 0 Å². The second-order valence-corrected chi connectivity index (χ2v) is 6.01. The first kappa shape index (κ1) is 17.3. The molecule has 0 radical (unpaired) electrons. The van der Waals surface area contributed by atoms with E-state index in [1.807, 2.05) is 24.3 Å². The van der Waals surface area contributed by atoms with E-state index in [2.05, 4.69) is 12.2 Å². The molecule has 0 saturated carbocycles. The fourth-order valence-electron chi connectivity index (χ4n) is 3.09. The van der Waals surface area contributed by atoms with Crippen molar-refractivity contribution in [1.82, 2.24) is 10.2 Å². The topological polar surface area (TPSA) is 58.6 Å². The van der Waals surface area contributed by atoms with E-state index in [9.17, 15) is 9.59 Å². The van der Waals surface area contributed by atoms with Crippen LogP contribution in [0.2, 0.25) is 0 Å². The van der Waals surface area contributed by atoms with Crippen LogP contribution in [0.3, 0.4) is 0 Å². The van der Waals surface area contributed by atoms with Crippen LogP contribution < -0.4 is 10.1 Å². The number of rotatable bonds is 6. The van der Waals surface area contributed by atoms with Gasteiger partial charge < -0.3 is 15.0 Å². The number of methoxy groups -OCH3 is 1. The molecule has 2 atom stereocenters. The molecule has 1 fully saturated rings. The highest BCUT2D eigenvalue weighted by molar-refractivity contribution is 5.84. The molecule has 1 aliphatic heterocycles. The summed E-state index contributed by atoms with van der Waals surface area (Å²) in [6.45, 7) is 2.79. The zero-order valence-corrected chi connectivity index (χ0v) is 14.2. The molecule has 126 valence electrons. The molecule has 0 aromatic heterocycles. The Balaban J connectivity index is 2.20. The minimum atomic E-state index is -0.219. The van der Waals surface area contributed by atoms with Crippen molar-refractivity contribution in [3.63, 3.8) is 0 Å². The maximum Gasteiger partial charge on any atom is 0.225 e. The molecule has 2 rings (SSSR count). The average Bonchev–Trinajstić information content (AvgIpc) is 2.57. The molecule has 5 nitrogen and oxygen atoms in total. The van der Waals surface area contributed by atoms with Crippen molar-refractivity contribution >= 4 is 11.8 Å². The zero-order valence-electron chi connectivity index (χ0n) is 14.2. The van der Waals surface area contributed by atoms with Crippen molar-refractivity contribution in [2.75, 3.05) is 20.7 Å². The van der Waals surface area contributed by atoms with E-state index >= 15 is 0 Å². The first-order chi connectivity index (χ1) is 11.1. The van der Waals surface area contributed by atoms with Gasteiger partial charge >= 0.3 is 0 Å². The molecule has 1 saturated heterocycles. The van der Waals surface area contributed by atoms with Gasteiger partial charge in [-0.05, 0) is 30.5 Å². The van der Waals surface area contributed by atoms with Crippen molar-refractivity contribution in [2.45, 2.75) is 38.6 Å². The Morgan fingerprint density at radius 2 is 2.04 bits per heavy atom. The van der Waals surface area contributed by atoms with Gasteiger partial charge in [0, 0.05) is 20.0 Å². The number of ether oxygens (including phenoxy) is 1. The van der Waals surface area contributed by atoms with Crippen molar-refractivity contribution in [3.05, 3.63) is 29.8 Å². The quantitative estimate of drug-likeness (QED) is 0.820. The summed E-state index contributed by atoms with van der Waals surface area (Å²) in [7, 11) is 3.40. The zero-order chi connectivity index (χ0) is 16.8. The molecule has 1 N–H and O–H groups in total. The number of hydrogen-bond donors (Lipinski definition) is 1. The van der Waals surface area contributed by atoms with Crippen LogP contribution in [0, 0.1) is 5.92 Å². The molecular formula is C18H26N2O3. The van der Waals surface area contributed by atoms with Crippen LogP contribution in [0.25, 0.3) is 0 Å². The van der Waals surface area contributed by atoms with Crippen LogP contribution >= 0.6 is 0 Å². The van der Waals surface area contributed by atoms with E-state index in [-0.39, 0.29) is 23.8 Å². The smallest absolute Gasteiger partial charge is 0.225 e. The summed E-state index contributed by atoms with van der Waals surface area (Å²) in [6, 6.07) is 7.39. The molecule has 1 aromatic rings. The molecule has 1 aliphatic rings. The van der Waals surface area contributed by atoms with Crippen molar-refractivity contribution in [2.24, 2.45) is 5.92 Å². The normalized spacial score (nSPS) is 21.2. The molecular weight excluding hydrogens is 292 g/mol. The number of carbonyl (C=O) groups is 2. The average molecular weight is 318 g/mol. The number of likely N-dealkylation sites (tertiary alicyclic amines) is 1. The van der Waals surface area contributed by atoms with Crippen LogP contribution in [0.15, 0.2) is 24.3 Å². The third kappa shape index (κ3) is 4.03. The Morgan fingerprint density at radius 1 is 1.35 bits per heavy atom. The number of unbranched alkanes of at least 4 members (excludes halogenated alkanes) is 1. The highest BCUT2D eigenvalue weighted by Gasteiger charge is 2.38. The van der Waals surface area contributed by atoms with E-state index in [1.54, 1.807) is 19.1 Å². The minimum absolute atomic E-state index is 0.0404. The number of benzene rings is 1. The van der Waals surface area contributed by atoms with Crippen LogP contribution in [0.4, 0.5) is 0 Å². The van der Waals surface area contributed by atoms with E-state index in [4.69, 9.17) is 4.74 Å². The highest BCUT2D eigenvalue weighted by Crippen LogP contribution is 2.36. The van der Waals surface area contributed by atoms with Crippen molar-refractivity contribution in [1.29, 1.82) is 0 Å². The molecule has 5 heteroatoms. The fourth-order valence-corrected chi connectivity index (χ4v) is 3.09.